The molecule has 1 aromatic carbocycles. The van der Waals surface area contributed by atoms with Crippen LogP contribution in [0.1, 0.15) is 31.9 Å². The van der Waals surface area contributed by atoms with Gasteiger partial charge in [-0.05, 0) is 43.0 Å². The highest BCUT2D eigenvalue weighted by molar-refractivity contribution is 5.22. The molecule has 19 heavy (non-hydrogen) atoms. The van der Waals surface area contributed by atoms with Crippen LogP contribution in [0.15, 0.2) is 18.2 Å². The topological polar surface area (TPSA) is 29.3 Å². The molecule has 0 amide bonds. The van der Waals surface area contributed by atoms with Gasteiger partial charge in [-0.15, -0.1) is 0 Å². The summed E-state index contributed by atoms with van der Waals surface area (Å²) in [5, 5.41) is 0. The van der Waals surface area contributed by atoms with Crippen LogP contribution in [0, 0.1) is 23.5 Å². The van der Waals surface area contributed by atoms with Gasteiger partial charge in [0.15, 0.2) is 0 Å². The molecule has 1 aliphatic rings. The van der Waals surface area contributed by atoms with Gasteiger partial charge in [-0.3, -0.25) is 0 Å². The summed E-state index contributed by atoms with van der Waals surface area (Å²) in [4.78, 5) is 2.25. The number of hydrogen-bond donors (Lipinski definition) is 1. The Bertz CT molecular complexity index is 434. The molecule has 0 bridgehead atoms. The van der Waals surface area contributed by atoms with Crippen LogP contribution in [0.25, 0.3) is 0 Å². The Balaban J connectivity index is 1.98. The summed E-state index contributed by atoms with van der Waals surface area (Å²) >= 11 is 0. The third-order valence-corrected chi connectivity index (χ3v) is 4.06. The lowest BCUT2D eigenvalue weighted by atomic mass is 9.95. The van der Waals surface area contributed by atoms with Crippen LogP contribution >= 0.6 is 0 Å². The number of benzene rings is 1. The first-order valence-electron chi connectivity index (χ1n) is 6.90. The average molecular weight is 268 g/mol. The van der Waals surface area contributed by atoms with Crippen molar-refractivity contribution >= 4 is 0 Å². The summed E-state index contributed by atoms with van der Waals surface area (Å²) < 4.78 is 26.8. The molecule has 0 radical (unpaired) electrons. The standard InChI is InChI=1S/C15H22F2N2/c1-10(2)11-5-6-19(8-11)9-15(18)13-7-12(16)3-4-14(13)17/h3-4,7,10-11,15H,5-6,8-9,18H2,1-2H3. The Kier molecular flexibility index (Phi) is 4.53. The SMILES string of the molecule is CC(C)C1CCN(CC(N)c2cc(F)ccc2F)C1. The molecule has 2 unspecified atom stereocenters. The van der Waals surface area contributed by atoms with Gasteiger partial charge in [-0.2, -0.15) is 0 Å². The number of hydrogen-bond acceptors (Lipinski definition) is 2. The smallest absolute Gasteiger partial charge is 0.128 e. The zero-order valence-corrected chi connectivity index (χ0v) is 11.6. The van der Waals surface area contributed by atoms with Crippen LogP contribution in [-0.2, 0) is 0 Å². The number of likely N-dealkylation sites (tertiary alicyclic amines) is 1. The summed E-state index contributed by atoms with van der Waals surface area (Å²) in [6.07, 6.45) is 1.16. The van der Waals surface area contributed by atoms with E-state index in [2.05, 4.69) is 18.7 Å². The van der Waals surface area contributed by atoms with Crippen molar-refractivity contribution in [1.29, 1.82) is 0 Å². The Morgan fingerprint density at radius 1 is 1.37 bits per heavy atom. The van der Waals surface area contributed by atoms with Crippen molar-refractivity contribution in [1.82, 2.24) is 4.90 Å². The first-order valence-corrected chi connectivity index (χ1v) is 6.90. The molecule has 1 fully saturated rings. The quantitative estimate of drug-likeness (QED) is 0.909. The monoisotopic (exact) mass is 268 g/mol. The van der Waals surface area contributed by atoms with Crippen LogP contribution in [-0.4, -0.2) is 24.5 Å². The summed E-state index contributed by atoms with van der Waals surface area (Å²) in [6.45, 7) is 7.03. The number of nitrogens with two attached hydrogens (primary N) is 1. The predicted octanol–water partition coefficient (Wildman–Crippen LogP) is 2.94. The second-order valence-corrected chi connectivity index (χ2v) is 5.82. The van der Waals surface area contributed by atoms with E-state index in [0.29, 0.717) is 18.4 Å². The molecule has 0 spiro atoms. The van der Waals surface area contributed by atoms with Crippen molar-refractivity contribution in [3.63, 3.8) is 0 Å². The number of halogens is 2. The summed E-state index contributed by atoms with van der Waals surface area (Å²) in [5.41, 5.74) is 6.29. The summed E-state index contributed by atoms with van der Waals surface area (Å²) in [6, 6.07) is 3.00. The van der Waals surface area contributed by atoms with E-state index < -0.39 is 17.7 Å². The Hall–Kier alpha value is -1.00. The number of rotatable bonds is 4. The molecule has 2 atom stereocenters. The third-order valence-electron chi connectivity index (χ3n) is 4.06. The Labute approximate surface area is 113 Å². The van der Waals surface area contributed by atoms with Gasteiger partial charge in [0, 0.05) is 24.7 Å². The van der Waals surface area contributed by atoms with E-state index in [1.807, 2.05) is 0 Å². The molecule has 1 heterocycles. The highest BCUT2D eigenvalue weighted by atomic mass is 19.1. The van der Waals surface area contributed by atoms with Gasteiger partial charge in [-0.25, -0.2) is 8.78 Å². The molecule has 2 N–H and O–H groups in total. The van der Waals surface area contributed by atoms with Crippen molar-refractivity contribution < 1.29 is 8.78 Å². The summed E-state index contributed by atoms with van der Waals surface area (Å²) in [7, 11) is 0. The molecule has 2 nitrogen and oxygen atoms in total. The second-order valence-electron chi connectivity index (χ2n) is 5.82. The molecule has 0 saturated carbocycles. The van der Waals surface area contributed by atoms with Crippen LogP contribution < -0.4 is 5.73 Å². The minimum atomic E-state index is -0.471. The molecule has 1 aliphatic heterocycles. The van der Waals surface area contributed by atoms with Gasteiger partial charge >= 0.3 is 0 Å². The maximum absolute atomic E-state index is 13.6. The van der Waals surface area contributed by atoms with Crippen LogP contribution in [0.3, 0.4) is 0 Å². The van der Waals surface area contributed by atoms with E-state index in [1.54, 1.807) is 0 Å². The van der Waals surface area contributed by atoms with Crippen LogP contribution in [0.5, 0.6) is 0 Å². The minimum Gasteiger partial charge on any atom is -0.323 e. The van der Waals surface area contributed by atoms with Crippen molar-refractivity contribution in [3.8, 4) is 0 Å². The molecule has 106 valence electrons. The van der Waals surface area contributed by atoms with Gasteiger partial charge in [0.2, 0.25) is 0 Å². The van der Waals surface area contributed by atoms with Gasteiger partial charge < -0.3 is 10.6 Å². The van der Waals surface area contributed by atoms with Gasteiger partial charge in [0.05, 0.1) is 0 Å². The lowest BCUT2D eigenvalue weighted by molar-refractivity contribution is 0.285. The van der Waals surface area contributed by atoms with Crippen molar-refractivity contribution in [2.24, 2.45) is 17.6 Å². The zero-order valence-electron chi connectivity index (χ0n) is 11.6. The third kappa shape index (κ3) is 3.51. The Morgan fingerprint density at radius 3 is 2.74 bits per heavy atom. The van der Waals surface area contributed by atoms with Crippen molar-refractivity contribution in [3.05, 3.63) is 35.4 Å². The maximum atomic E-state index is 13.6. The van der Waals surface area contributed by atoms with Crippen LogP contribution in [0.4, 0.5) is 8.78 Å². The fourth-order valence-electron chi connectivity index (χ4n) is 2.75. The van der Waals surface area contributed by atoms with E-state index in [0.717, 1.165) is 31.6 Å². The predicted molar refractivity (Wildman–Crippen MR) is 72.7 cm³/mol. The highest BCUT2D eigenvalue weighted by Crippen LogP contribution is 2.25. The summed E-state index contributed by atoms with van der Waals surface area (Å²) in [5.74, 6) is 0.485. The first-order chi connectivity index (χ1) is 8.97. The molecule has 4 heteroatoms. The molecule has 1 saturated heterocycles. The highest BCUT2D eigenvalue weighted by Gasteiger charge is 2.26. The lowest BCUT2D eigenvalue weighted by Gasteiger charge is -2.22. The molecular formula is C15H22F2N2. The van der Waals surface area contributed by atoms with E-state index in [-0.39, 0.29) is 5.56 Å². The largest absolute Gasteiger partial charge is 0.323 e. The van der Waals surface area contributed by atoms with E-state index in [9.17, 15) is 8.78 Å². The first kappa shape index (κ1) is 14.4. The molecule has 0 aliphatic carbocycles. The molecule has 1 aromatic rings. The van der Waals surface area contributed by atoms with E-state index >= 15 is 0 Å². The zero-order chi connectivity index (χ0) is 14.0. The fraction of sp³-hybridized carbons (Fsp3) is 0.600. The molecular weight excluding hydrogens is 246 g/mol. The normalized spacial score (nSPS) is 22.1. The maximum Gasteiger partial charge on any atom is 0.128 e. The molecule has 2 rings (SSSR count). The van der Waals surface area contributed by atoms with Gasteiger partial charge in [0.25, 0.3) is 0 Å². The Morgan fingerprint density at radius 2 is 2.11 bits per heavy atom. The number of nitrogens with zero attached hydrogens (tertiary/aromatic N) is 1. The van der Waals surface area contributed by atoms with Crippen LogP contribution in [0.2, 0.25) is 0 Å². The fourth-order valence-corrected chi connectivity index (χ4v) is 2.75. The second kappa shape index (κ2) is 5.97. The van der Waals surface area contributed by atoms with Crippen molar-refractivity contribution in [2.45, 2.75) is 26.3 Å². The molecule has 0 aromatic heterocycles. The minimum absolute atomic E-state index is 0.271. The average Bonchev–Trinajstić information content (AvgIpc) is 2.80. The van der Waals surface area contributed by atoms with E-state index in [1.165, 1.54) is 6.07 Å². The van der Waals surface area contributed by atoms with Crippen molar-refractivity contribution in [2.75, 3.05) is 19.6 Å². The van der Waals surface area contributed by atoms with E-state index in [4.69, 9.17) is 5.73 Å². The van der Waals surface area contributed by atoms with Gasteiger partial charge in [0.1, 0.15) is 11.6 Å². The lowest BCUT2D eigenvalue weighted by Crippen LogP contribution is -2.31. The van der Waals surface area contributed by atoms with Gasteiger partial charge in [-0.1, -0.05) is 13.8 Å².